The third-order valence-electron chi connectivity index (χ3n) is 17.7. The molecule has 7 heterocycles. The highest BCUT2D eigenvalue weighted by molar-refractivity contribution is 6.36. The van der Waals surface area contributed by atoms with Crippen LogP contribution in [0.1, 0.15) is 87.1 Å². The maximum atomic E-state index is 14.0. The molecule has 1 atom stereocenters. The molecule has 2 amide bonds. The van der Waals surface area contributed by atoms with Crippen LogP contribution < -0.4 is 20.2 Å². The largest absolute Gasteiger partial charge is 0.508 e. The van der Waals surface area contributed by atoms with Crippen LogP contribution in [-0.2, 0) is 29.1 Å². The third-order valence-corrected chi connectivity index (χ3v) is 18.0. The van der Waals surface area contributed by atoms with Crippen molar-refractivity contribution < 1.29 is 24.5 Å². The number of piperidine rings is 3. The number of aromatic amines is 1. The van der Waals surface area contributed by atoms with Gasteiger partial charge in [0.05, 0.1) is 47.0 Å². The molecule has 5 aliphatic rings. The lowest BCUT2D eigenvalue weighted by Gasteiger charge is -2.47. The number of amides is 2. The number of piperazine rings is 1. The number of aromatic nitrogens is 5. The summed E-state index contributed by atoms with van der Waals surface area (Å²) in [7, 11) is 0. The maximum Gasteiger partial charge on any atom is 0.348 e. The van der Waals surface area contributed by atoms with Crippen molar-refractivity contribution in [3.8, 4) is 40.7 Å². The van der Waals surface area contributed by atoms with Crippen LogP contribution in [0.2, 0.25) is 5.02 Å². The first-order valence-electron chi connectivity index (χ1n) is 28.3. The highest BCUT2D eigenvalue weighted by Gasteiger charge is 2.40. The number of nitriles is 1. The first kappa shape index (κ1) is 54.5. The Kier molecular flexibility index (Phi) is 15.9. The molecule has 5 aliphatic heterocycles. The van der Waals surface area contributed by atoms with Crippen LogP contribution in [0.5, 0.6) is 17.5 Å². The number of fused-ring (bicyclic) bond motifs is 2. The summed E-state index contributed by atoms with van der Waals surface area (Å²) in [4.78, 5) is 63.2. The fraction of sp³-hybridized carbons (Fsp3) is 0.459. The molecule has 4 aromatic carbocycles. The predicted octanol–water partition coefficient (Wildman–Crippen LogP) is 8.03. The van der Waals surface area contributed by atoms with Gasteiger partial charge < -0.3 is 34.5 Å². The predicted molar refractivity (Wildman–Crippen MR) is 308 cm³/mol. The number of halogens is 1. The van der Waals surface area contributed by atoms with Gasteiger partial charge in [0, 0.05) is 81.0 Å². The lowest BCUT2D eigenvalue weighted by atomic mass is 9.71. The van der Waals surface area contributed by atoms with Crippen molar-refractivity contribution in [3.63, 3.8) is 0 Å². The normalized spacial score (nSPS) is 19.1. The Labute approximate surface area is 471 Å². The monoisotopic (exact) mass is 1100 g/mol. The van der Waals surface area contributed by atoms with Gasteiger partial charge in [-0.05, 0) is 135 Å². The van der Waals surface area contributed by atoms with E-state index < -0.39 is 5.69 Å². The molecule has 4 saturated heterocycles. The summed E-state index contributed by atoms with van der Waals surface area (Å²) in [6.45, 7) is 17.5. The van der Waals surface area contributed by atoms with Gasteiger partial charge in [-0.1, -0.05) is 68.4 Å². The summed E-state index contributed by atoms with van der Waals surface area (Å²) < 4.78 is 7.91. The molecule has 19 heteroatoms. The Hall–Kier alpha value is -7.46. The second kappa shape index (κ2) is 23.3. The van der Waals surface area contributed by atoms with Gasteiger partial charge in [-0.3, -0.25) is 19.4 Å². The third kappa shape index (κ3) is 11.2. The second-order valence-corrected chi connectivity index (χ2v) is 23.1. The van der Waals surface area contributed by atoms with Crippen molar-refractivity contribution in [1.29, 1.82) is 5.26 Å². The van der Waals surface area contributed by atoms with Crippen LogP contribution in [0, 0.1) is 22.7 Å². The first-order valence-corrected chi connectivity index (χ1v) is 28.7. The molecule has 0 saturated carbocycles. The van der Waals surface area contributed by atoms with E-state index in [4.69, 9.17) is 26.3 Å². The summed E-state index contributed by atoms with van der Waals surface area (Å²) in [5.74, 6) is 1.04. The summed E-state index contributed by atoms with van der Waals surface area (Å²) >= 11 is 6.81. The van der Waals surface area contributed by atoms with E-state index in [9.17, 15) is 29.9 Å². The Morgan fingerprint density at radius 3 is 2.36 bits per heavy atom. The number of benzene rings is 4. The fourth-order valence-electron chi connectivity index (χ4n) is 13.0. The molecular formula is C61H71ClN12O6. The zero-order valence-electron chi connectivity index (χ0n) is 45.8. The molecule has 4 fully saturated rings. The van der Waals surface area contributed by atoms with E-state index in [2.05, 4.69) is 71.6 Å². The molecule has 0 bridgehead atoms. The summed E-state index contributed by atoms with van der Waals surface area (Å²) in [6, 6.07) is 25.3. The van der Waals surface area contributed by atoms with E-state index in [1.54, 1.807) is 11.0 Å². The number of aromatic hydroxyl groups is 2. The van der Waals surface area contributed by atoms with Gasteiger partial charge in [-0.25, -0.2) is 14.5 Å². The quantitative estimate of drug-likeness (QED) is 0.0885. The van der Waals surface area contributed by atoms with Crippen LogP contribution in [-0.4, -0.2) is 151 Å². The number of ether oxygens (including phenoxy) is 1. The van der Waals surface area contributed by atoms with Gasteiger partial charge in [0.1, 0.15) is 23.9 Å². The number of carbonyl (C=O) groups is 2. The molecule has 0 radical (unpaired) electrons. The van der Waals surface area contributed by atoms with E-state index in [-0.39, 0.29) is 52.9 Å². The van der Waals surface area contributed by atoms with Gasteiger partial charge in [-0.2, -0.15) is 20.3 Å². The molecule has 0 unspecified atom stereocenters. The van der Waals surface area contributed by atoms with Crippen molar-refractivity contribution >= 4 is 45.7 Å². The van der Waals surface area contributed by atoms with Gasteiger partial charge in [0.15, 0.2) is 5.82 Å². The van der Waals surface area contributed by atoms with Gasteiger partial charge in [-0.15, -0.1) is 0 Å². The number of hydrogen-bond acceptors (Lipinski definition) is 14. The Bertz CT molecular complexity index is 3360. The molecule has 1 spiro atoms. The first-order chi connectivity index (χ1) is 38.8. The zero-order valence-corrected chi connectivity index (χ0v) is 46.6. The number of nitrogens with one attached hydrogen (secondary N) is 1. The molecule has 18 nitrogen and oxygen atoms in total. The van der Waals surface area contributed by atoms with Gasteiger partial charge >= 0.3 is 11.7 Å². The topological polar surface area (TPSA) is 204 Å². The highest BCUT2D eigenvalue weighted by Crippen LogP contribution is 2.43. The van der Waals surface area contributed by atoms with E-state index in [1.807, 2.05) is 50.2 Å². The van der Waals surface area contributed by atoms with E-state index in [0.29, 0.717) is 73.0 Å². The minimum atomic E-state index is -0.432. The summed E-state index contributed by atoms with van der Waals surface area (Å²) in [6.07, 6.45) is 8.12. The standard InChI is InChI=1S/C61H71ClN12O6/c1-4-54(77)73-32-31-72(38-45(73)15-23-63)56-46-18-26-71(51-10-6-8-42-7-5-9-49(62)55(42)51)39-50(46)64-59(65-56)80-34-33-68-27-19-61(20-28-68)21-29-70(30-22-61)58(78)43-16-24-69(25-17-43)37-41-11-13-44(14-12-41)74-57(66-67-60(74)79)48-35-47(40(2)3)52(75)36-53(48)76/h4-14,35-36,40,43,45,75-76H,1,15-22,24-34,37-39H2,2-3H3,(H,67,79)/t45-/m0/s1. The Morgan fingerprint density at radius 1 is 0.900 bits per heavy atom. The van der Waals surface area contributed by atoms with Crippen molar-refractivity contribution in [2.45, 2.75) is 90.3 Å². The lowest BCUT2D eigenvalue weighted by molar-refractivity contribution is -0.140. The van der Waals surface area contributed by atoms with Gasteiger partial charge in [0.25, 0.3) is 0 Å². The van der Waals surface area contributed by atoms with Gasteiger partial charge in [0.2, 0.25) is 11.8 Å². The van der Waals surface area contributed by atoms with Crippen LogP contribution in [0.25, 0.3) is 27.8 Å². The number of phenolic OH excluding ortho intramolecular Hbond substituents is 2. The number of nitrogens with zero attached hydrogens (tertiary/aromatic N) is 11. The Balaban J connectivity index is 0.663. The Morgan fingerprint density at radius 2 is 1.64 bits per heavy atom. The molecule has 0 aliphatic carbocycles. The molecule has 418 valence electrons. The van der Waals surface area contributed by atoms with Crippen LogP contribution in [0.4, 0.5) is 11.5 Å². The minimum Gasteiger partial charge on any atom is -0.508 e. The van der Waals surface area contributed by atoms with Crippen molar-refractivity contribution in [2.75, 3.05) is 88.4 Å². The lowest BCUT2D eigenvalue weighted by Crippen LogP contribution is -2.55. The van der Waals surface area contributed by atoms with E-state index in [0.717, 1.165) is 137 Å². The van der Waals surface area contributed by atoms with E-state index in [1.165, 1.54) is 16.7 Å². The average Bonchev–Trinajstić information content (AvgIpc) is 4.04. The molecular weight excluding hydrogens is 1030 g/mol. The molecule has 80 heavy (non-hydrogen) atoms. The molecule has 11 rings (SSSR count). The van der Waals surface area contributed by atoms with Crippen LogP contribution in [0.15, 0.2) is 90.2 Å². The summed E-state index contributed by atoms with van der Waals surface area (Å²) in [5.41, 5.74) is 5.53. The van der Waals surface area contributed by atoms with Crippen molar-refractivity contribution in [1.82, 2.24) is 44.3 Å². The molecule has 3 N–H and O–H groups in total. The van der Waals surface area contributed by atoms with E-state index >= 15 is 0 Å². The number of hydrogen-bond donors (Lipinski definition) is 3. The smallest absolute Gasteiger partial charge is 0.348 e. The van der Waals surface area contributed by atoms with Crippen molar-refractivity contribution in [3.05, 3.63) is 123 Å². The summed E-state index contributed by atoms with van der Waals surface area (Å²) in [5, 5.41) is 40.4. The number of H-pyrrole nitrogens is 1. The minimum absolute atomic E-state index is 0.00489. The maximum absolute atomic E-state index is 14.0. The van der Waals surface area contributed by atoms with Crippen LogP contribution in [0.3, 0.4) is 0 Å². The molecule has 2 aromatic heterocycles. The second-order valence-electron chi connectivity index (χ2n) is 22.7. The zero-order chi connectivity index (χ0) is 55.7. The number of likely N-dealkylation sites (tertiary alicyclic amines) is 3. The average molecular weight is 1100 g/mol. The number of anilines is 2. The number of rotatable bonds is 14. The molecule has 6 aromatic rings. The van der Waals surface area contributed by atoms with Crippen molar-refractivity contribution in [2.24, 2.45) is 11.3 Å². The highest BCUT2D eigenvalue weighted by atomic mass is 35.5. The number of carbonyl (C=O) groups excluding carboxylic acids is 2. The SMILES string of the molecule is C=CC(=O)N1CCN(c2nc(OCCN3CCC4(CC3)CCN(C(=O)C3CCN(Cc5ccc(-n6c(-c7cc(C(C)C)c(O)cc7O)n[nH]c6=O)cc5)CC3)CC4)nc3c2CCN(c2cccc4cccc(Cl)c24)C3)C[C@@H]1CC#N. The fourth-order valence-corrected chi connectivity index (χ4v) is 13.2. The number of phenols is 2. The van der Waals surface area contributed by atoms with Crippen LogP contribution >= 0.6 is 11.6 Å².